The van der Waals surface area contributed by atoms with Gasteiger partial charge in [-0.2, -0.15) is 0 Å². The smallest absolute Gasteiger partial charge is 0.309 e. The molecule has 40 heavy (non-hydrogen) atoms. The van der Waals surface area contributed by atoms with E-state index >= 15 is 0 Å². The molecule has 9 heteroatoms. The van der Waals surface area contributed by atoms with E-state index in [4.69, 9.17) is 14.5 Å². The molecular weight excluding hydrogens is 508 g/mol. The molecule has 3 aromatic rings. The maximum Gasteiger partial charge on any atom is 0.309 e. The molecule has 1 fully saturated rings. The van der Waals surface area contributed by atoms with Crippen LogP contribution in [0, 0.1) is 0 Å². The van der Waals surface area contributed by atoms with Gasteiger partial charge in [0.25, 0.3) is 5.56 Å². The van der Waals surface area contributed by atoms with Crippen LogP contribution in [0.4, 0.5) is 0 Å². The number of methoxy groups -OCH3 is 1. The summed E-state index contributed by atoms with van der Waals surface area (Å²) in [5, 5.41) is 3.31. The van der Waals surface area contributed by atoms with E-state index in [-0.39, 0.29) is 36.5 Å². The number of hydrogen-bond donors (Lipinski definition) is 1. The zero-order valence-corrected chi connectivity index (χ0v) is 22.9. The zero-order chi connectivity index (χ0) is 27.9. The van der Waals surface area contributed by atoms with Crippen LogP contribution in [0.2, 0.25) is 0 Å². The van der Waals surface area contributed by atoms with E-state index in [1.54, 1.807) is 9.47 Å². The highest BCUT2D eigenvalue weighted by atomic mass is 16.5. The number of carbonyl (C=O) groups excluding carboxylic acids is 2. The molecular formula is C31H36N4O5. The lowest BCUT2D eigenvalue weighted by atomic mass is 10.1. The summed E-state index contributed by atoms with van der Waals surface area (Å²) in [6.07, 6.45) is 5.38. The highest BCUT2D eigenvalue weighted by Crippen LogP contribution is 2.26. The molecule has 2 aliphatic rings. The lowest BCUT2D eigenvalue weighted by Gasteiger charge is -2.29. The number of ether oxygens (including phenoxy) is 2. The maximum absolute atomic E-state index is 13.8. The number of nitrogens with zero attached hydrogens (tertiary/aromatic N) is 3. The summed E-state index contributed by atoms with van der Waals surface area (Å²) in [5.41, 5.74) is 3.78. The summed E-state index contributed by atoms with van der Waals surface area (Å²) < 4.78 is 12.5. The van der Waals surface area contributed by atoms with E-state index in [0.29, 0.717) is 49.7 Å². The second-order valence-corrected chi connectivity index (χ2v) is 10.4. The van der Waals surface area contributed by atoms with Gasteiger partial charge in [0.1, 0.15) is 6.10 Å². The van der Waals surface area contributed by atoms with Gasteiger partial charge in [0.2, 0.25) is 5.91 Å². The van der Waals surface area contributed by atoms with Crippen molar-refractivity contribution in [1.82, 2.24) is 19.8 Å². The molecule has 1 N–H and O–H groups in total. The maximum atomic E-state index is 13.8. The number of nitrogens with one attached hydrogen (secondary N) is 1. The normalized spacial score (nSPS) is 15.1. The fourth-order valence-electron chi connectivity index (χ4n) is 5.31. The first-order valence-corrected chi connectivity index (χ1v) is 14.0. The van der Waals surface area contributed by atoms with Gasteiger partial charge in [0.15, 0.2) is 0 Å². The van der Waals surface area contributed by atoms with Crippen molar-refractivity contribution >= 4 is 11.9 Å². The monoisotopic (exact) mass is 544 g/mol. The molecule has 1 aliphatic carbocycles. The lowest BCUT2D eigenvalue weighted by Crippen LogP contribution is -2.42. The van der Waals surface area contributed by atoms with Crippen molar-refractivity contribution in [1.29, 1.82) is 0 Å². The van der Waals surface area contributed by atoms with Gasteiger partial charge >= 0.3 is 12.0 Å². The first-order valence-electron chi connectivity index (χ1n) is 14.0. The van der Waals surface area contributed by atoms with Crippen molar-refractivity contribution in [3.05, 3.63) is 87.3 Å². The SMILES string of the molecule is COC(=O)Cc1ccc(CNCCC(=O)N2CCc3nc(OC4CCCC4)n(-c4ccccc4)c(=O)c3C2)cc1. The molecule has 1 saturated carbocycles. The van der Waals surface area contributed by atoms with E-state index in [2.05, 4.69) is 5.32 Å². The van der Waals surface area contributed by atoms with E-state index in [9.17, 15) is 14.4 Å². The van der Waals surface area contributed by atoms with Crippen molar-refractivity contribution in [3.63, 3.8) is 0 Å². The van der Waals surface area contributed by atoms with Crippen LogP contribution in [-0.4, -0.2) is 52.6 Å². The molecule has 0 bridgehead atoms. The number of esters is 1. The van der Waals surface area contributed by atoms with Gasteiger partial charge in [-0.05, 0) is 48.9 Å². The first kappa shape index (κ1) is 27.6. The van der Waals surface area contributed by atoms with Crippen molar-refractivity contribution in [2.45, 2.75) is 64.1 Å². The third-order valence-corrected chi connectivity index (χ3v) is 7.58. The van der Waals surface area contributed by atoms with E-state index in [1.807, 2.05) is 54.6 Å². The Hall–Kier alpha value is -3.98. The number of rotatable bonds is 10. The Morgan fingerprint density at radius 1 is 1.02 bits per heavy atom. The largest absolute Gasteiger partial charge is 0.469 e. The lowest BCUT2D eigenvalue weighted by molar-refractivity contribution is -0.139. The standard InChI is InChI=1S/C31H36N4O5/c1-39-29(37)19-22-11-13-23(14-12-22)20-32-17-15-28(36)34-18-16-27-26(21-34)30(38)35(24-7-3-2-4-8-24)31(33-27)40-25-9-5-6-10-25/h2-4,7-8,11-14,25,32H,5-6,9-10,15-21H2,1H3. The molecule has 2 aromatic carbocycles. The Morgan fingerprint density at radius 3 is 2.48 bits per heavy atom. The van der Waals surface area contributed by atoms with Gasteiger partial charge in [-0.15, -0.1) is 0 Å². The zero-order valence-electron chi connectivity index (χ0n) is 22.9. The van der Waals surface area contributed by atoms with Crippen LogP contribution in [-0.2, 0) is 40.3 Å². The number of aromatic nitrogens is 2. The number of para-hydroxylation sites is 1. The van der Waals surface area contributed by atoms with Gasteiger partial charge in [0.05, 0.1) is 37.0 Å². The molecule has 0 spiro atoms. The van der Waals surface area contributed by atoms with Crippen LogP contribution in [0.1, 0.15) is 54.5 Å². The van der Waals surface area contributed by atoms with E-state index in [0.717, 1.165) is 42.5 Å². The number of fused-ring (bicyclic) bond motifs is 1. The second kappa shape index (κ2) is 12.9. The number of amides is 1. The number of benzene rings is 2. The minimum atomic E-state index is -0.266. The van der Waals surface area contributed by atoms with E-state index < -0.39 is 0 Å². The highest BCUT2D eigenvalue weighted by molar-refractivity contribution is 5.76. The Balaban J connectivity index is 1.21. The molecule has 210 valence electrons. The minimum Gasteiger partial charge on any atom is -0.469 e. The van der Waals surface area contributed by atoms with Crippen LogP contribution >= 0.6 is 0 Å². The summed E-state index contributed by atoms with van der Waals surface area (Å²) in [6, 6.07) is 17.5. The molecule has 0 saturated heterocycles. The molecule has 1 amide bonds. The highest BCUT2D eigenvalue weighted by Gasteiger charge is 2.28. The quantitative estimate of drug-likeness (QED) is 0.309. The molecule has 9 nitrogen and oxygen atoms in total. The summed E-state index contributed by atoms with van der Waals surface area (Å²) in [7, 11) is 1.38. The average Bonchev–Trinajstić information content (AvgIpc) is 3.49. The van der Waals surface area contributed by atoms with Crippen LogP contribution in [0.15, 0.2) is 59.4 Å². The second-order valence-electron chi connectivity index (χ2n) is 10.4. The fraction of sp³-hybridized carbons (Fsp3) is 0.419. The Bertz CT molecular complexity index is 1380. The van der Waals surface area contributed by atoms with Crippen molar-refractivity contribution in [3.8, 4) is 11.7 Å². The van der Waals surface area contributed by atoms with Gasteiger partial charge < -0.3 is 19.7 Å². The van der Waals surface area contributed by atoms with Crippen molar-refractivity contribution < 1.29 is 19.1 Å². The van der Waals surface area contributed by atoms with Gasteiger partial charge in [-0.1, -0.05) is 42.5 Å². The Morgan fingerprint density at radius 2 is 1.75 bits per heavy atom. The summed E-state index contributed by atoms with van der Waals surface area (Å²) >= 11 is 0. The Kier molecular flexibility index (Phi) is 8.91. The first-order chi connectivity index (χ1) is 19.5. The van der Waals surface area contributed by atoms with Crippen LogP contribution < -0.4 is 15.6 Å². The minimum absolute atomic E-state index is 0.00326. The molecule has 1 aliphatic heterocycles. The van der Waals surface area contributed by atoms with Crippen LogP contribution in [0.25, 0.3) is 5.69 Å². The molecule has 0 unspecified atom stereocenters. The predicted octanol–water partition coefficient (Wildman–Crippen LogP) is 3.33. The third-order valence-electron chi connectivity index (χ3n) is 7.58. The fourth-order valence-corrected chi connectivity index (χ4v) is 5.31. The number of carbonyl (C=O) groups is 2. The summed E-state index contributed by atoms with van der Waals surface area (Å²) in [4.78, 5) is 44.8. The van der Waals surface area contributed by atoms with E-state index in [1.165, 1.54) is 7.11 Å². The predicted molar refractivity (Wildman–Crippen MR) is 150 cm³/mol. The van der Waals surface area contributed by atoms with Crippen LogP contribution in [0.3, 0.4) is 0 Å². The van der Waals surface area contributed by atoms with Gasteiger partial charge in [0, 0.05) is 32.5 Å². The Labute approximate surface area is 234 Å². The van der Waals surface area contributed by atoms with Crippen LogP contribution in [0.5, 0.6) is 6.01 Å². The molecule has 5 rings (SSSR count). The summed E-state index contributed by atoms with van der Waals surface area (Å²) in [5.74, 6) is -0.263. The average molecular weight is 545 g/mol. The topological polar surface area (TPSA) is 103 Å². The molecule has 1 aromatic heterocycles. The molecule has 0 radical (unpaired) electrons. The van der Waals surface area contributed by atoms with Gasteiger partial charge in [-0.3, -0.25) is 14.4 Å². The molecule has 0 atom stereocenters. The third kappa shape index (κ3) is 6.59. The van der Waals surface area contributed by atoms with Crippen molar-refractivity contribution in [2.75, 3.05) is 20.2 Å². The summed E-state index contributed by atoms with van der Waals surface area (Å²) in [6.45, 7) is 1.91. The van der Waals surface area contributed by atoms with Crippen molar-refractivity contribution in [2.24, 2.45) is 0 Å². The number of hydrogen-bond acceptors (Lipinski definition) is 7. The molecule has 2 heterocycles. The van der Waals surface area contributed by atoms with Gasteiger partial charge in [-0.25, -0.2) is 9.55 Å².